The number of carbonyl (C=O) groups excluding carboxylic acids is 1. The van der Waals surface area contributed by atoms with Crippen LogP contribution in [0.4, 0.5) is 0 Å². The van der Waals surface area contributed by atoms with Crippen molar-refractivity contribution in [2.45, 2.75) is 51.6 Å². The number of carbonyl (C=O) groups is 1. The van der Waals surface area contributed by atoms with Gasteiger partial charge < -0.3 is 10.2 Å². The van der Waals surface area contributed by atoms with Gasteiger partial charge in [0.25, 0.3) is 0 Å². The quantitative estimate of drug-likeness (QED) is 0.763. The lowest BCUT2D eigenvalue weighted by Gasteiger charge is -2.33. The van der Waals surface area contributed by atoms with Crippen molar-refractivity contribution >= 4 is 5.91 Å². The minimum Gasteiger partial charge on any atom is -0.340 e. The average Bonchev–Trinajstić information content (AvgIpc) is 3.03. The van der Waals surface area contributed by atoms with Crippen LogP contribution in [0.1, 0.15) is 39.5 Å². The third-order valence-electron chi connectivity index (χ3n) is 3.69. The minimum atomic E-state index is 0.222. The van der Waals surface area contributed by atoms with Crippen LogP contribution in [-0.2, 0) is 4.79 Å². The second kappa shape index (κ2) is 4.52. The second-order valence-electron chi connectivity index (χ2n) is 4.85. The van der Waals surface area contributed by atoms with Crippen LogP contribution < -0.4 is 5.32 Å². The summed E-state index contributed by atoms with van der Waals surface area (Å²) in [5, 5.41) is 3.40. The van der Waals surface area contributed by atoms with Crippen molar-refractivity contribution in [1.29, 1.82) is 0 Å². The first-order chi connectivity index (χ1) is 7.24. The van der Waals surface area contributed by atoms with Crippen molar-refractivity contribution in [3.63, 3.8) is 0 Å². The van der Waals surface area contributed by atoms with Gasteiger partial charge in [0, 0.05) is 18.6 Å². The summed E-state index contributed by atoms with van der Waals surface area (Å²) in [6, 6.07) is 0.927. The summed E-state index contributed by atoms with van der Waals surface area (Å²) >= 11 is 0. The number of amides is 1. The third kappa shape index (κ3) is 2.33. The SMILES string of the molecule is CCN(C(=O)[C@@H]1CCCN[C@@H]1C)C1CC1. The molecule has 3 nitrogen and oxygen atoms in total. The zero-order valence-electron chi connectivity index (χ0n) is 9.83. The molecule has 1 heterocycles. The third-order valence-corrected chi connectivity index (χ3v) is 3.69. The summed E-state index contributed by atoms with van der Waals surface area (Å²) in [5.74, 6) is 0.610. The summed E-state index contributed by atoms with van der Waals surface area (Å²) in [6.45, 7) is 6.19. The number of nitrogens with one attached hydrogen (secondary N) is 1. The molecule has 0 bridgehead atoms. The van der Waals surface area contributed by atoms with E-state index in [0.717, 1.165) is 25.9 Å². The van der Waals surface area contributed by atoms with E-state index < -0.39 is 0 Å². The van der Waals surface area contributed by atoms with Crippen molar-refractivity contribution in [2.24, 2.45) is 5.92 Å². The first kappa shape index (κ1) is 10.9. The molecule has 1 saturated carbocycles. The molecule has 0 spiro atoms. The Morgan fingerprint density at radius 3 is 2.67 bits per heavy atom. The lowest BCUT2D eigenvalue weighted by molar-refractivity contribution is -0.137. The molecule has 1 aliphatic heterocycles. The summed E-state index contributed by atoms with van der Waals surface area (Å²) in [5.41, 5.74) is 0. The lowest BCUT2D eigenvalue weighted by Crippen LogP contribution is -2.48. The summed E-state index contributed by atoms with van der Waals surface area (Å²) in [7, 11) is 0. The highest BCUT2D eigenvalue weighted by Crippen LogP contribution is 2.29. The maximum absolute atomic E-state index is 12.3. The minimum absolute atomic E-state index is 0.222. The van der Waals surface area contributed by atoms with Gasteiger partial charge in [-0.15, -0.1) is 0 Å². The molecule has 2 atom stereocenters. The first-order valence-electron chi connectivity index (χ1n) is 6.28. The Balaban J connectivity index is 1.97. The van der Waals surface area contributed by atoms with Crippen molar-refractivity contribution < 1.29 is 4.79 Å². The summed E-state index contributed by atoms with van der Waals surface area (Å²) in [4.78, 5) is 14.4. The smallest absolute Gasteiger partial charge is 0.227 e. The van der Waals surface area contributed by atoms with Crippen molar-refractivity contribution in [2.75, 3.05) is 13.1 Å². The predicted octanol–water partition coefficient (Wildman–Crippen LogP) is 1.39. The molecule has 0 radical (unpaired) electrons. The largest absolute Gasteiger partial charge is 0.340 e. The fraction of sp³-hybridized carbons (Fsp3) is 0.917. The molecule has 2 fully saturated rings. The van der Waals surface area contributed by atoms with Crippen LogP contribution in [0.5, 0.6) is 0 Å². The Hall–Kier alpha value is -0.570. The van der Waals surface area contributed by atoms with Gasteiger partial charge in [0.15, 0.2) is 0 Å². The second-order valence-corrected chi connectivity index (χ2v) is 4.85. The van der Waals surface area contributed by atoms with Crippen molar-refractivity contribution in [3.8, 4) is 0 Å². The Labute approximate surface area is 92.2 Å². The fourth-order valence-electron chi connectivity index (χ4n) is 2.57. The van der Waals surface area contributed by atoms with E-state index in [9.17, 15) is 4.79 Å². The highest BCUT2D eigenvalue weighted by atomic mass is 16.2. The maximum Gasteiger partial charge on any atom is 0.227 e. The van der Waals surface area contributed by atoms with E-state index in [2.05, 4.69) is 24.1 Å². The van der Waals surface area contributed by atoms with Gasteiger partial charge in [-0.2, -0.15) is 0 Å². The van der Waals surface area contributed by atoms with Crippen LogP contribution in [0.2, 0.25) is 0 Å². The molecule has 1 saturated heterocycles. The van der Waals surface area contributed by atoms with E-state index in [0.29, 0.717) is 18.0 Å². The van der Waals surface area contributed by atoms with Gasteiger partial charge in [-0.1, -0.05) is 0 Å². The molecule has 1 amide bonds. The van der Waals surface area contributed by atoms with Gasteiger partial charge in [-0.05, 0) is 46.1 Å². The molecule has 2 rings (SSSR count). The molecule has 0 aromatic heterocycles. The molecule has 2 aliphatic rings. The molecule has 1 N–H and O–H groups in total. The van der Waals surface area contributed by atoms with Crippen LogP contribution in [0.15, 0.2) is 0 Å². The average molecular weight is 210 g/mol. The Kier molecular flexibility index (Phi) is 3.29. The van der Waals surface area contributed by atoms with E-state index in [-0.39, 0.29) is 5.92 Å². The molecule has 0 unspecified atom stereocenters. The van der Waals surface area contributed by atoms with Crippen LogP contribution in [0.25, 0.3) is 0 Å². The topological polar surface area (TPSA) is 32.3 Å². The molecule has 3 heteroatoms. The van der Waals surface area contributed by atoms with E-state index >= 15 is 0 Å². The van der Waals surface area contributed by atoms with E-state index in [1.54, 1.807) is 0 Å². The predicted molar refractivity (Wildman–Crippen MR) is 60.6 cm³/mol. The van der Waals surface area contributed by atoms with Crippen LogP contribution in [0.3, 0.4) is 0 Å². The van der Waals surface area contributed by atoms with Crippen molar-refractivity contribution in [3.05, 3.63) is 0 Å². The number of hydrogen-bond acceptors (Lipinski definition) is 2. The van der Waals surface area contributed by atoms with Gasteiger partial charge in [0.1, 0.15) is 0 Å². The highest BCUT2D eigenvalue weighted by molar-refractivity contribution is 5.80. The van der Waals surface area contributed by atoms with Crippen LogP contribution in [0, 0.1) is 5.92 Å². The normalized spacial score (nSPS) is 31.3. The van der Waals surface area contributed by atoms with E-state index in [1.165, 1.54) is 12.8 Å². The molecular weight excluding hydrogens is 188 g/mol. The van der Waals surface area contributed by atoms with Gasteiger partial charge in [-0.25, -0.2) is 0 Å². The van der Waals surface area contributed by atoms with Gasteiger partial charge in [-0.3, -0.25) is 4.79 Å². The highest BCUT2D eigenvalue weighted by Gasteiger charge is 2.37. The zero-order chi connectivity index (χ0) is 10.8. The van der Waals surface area contributed by atoms with Gasteiger partial charge in [0.05, 0.1) is 5.92 Å². The Bertz CT molecular complexity index is 238. The molecule has 15 heavy (non-hydrogen) atoms. The van der Waals surface area contributed by atoms with Crippen LogP contribution >= 0.6 is 0 Å². The van der Waals surface area contributed by atoms with Gasteiger partial charge in [0.2, 0.25) is 5.91 Å². The molecule has 0 aromatic rings. The molecule has 0 aromatic carbocycles. The van der Waals surface area contributed by atoms with E-state index in [4.69, 9.17) is 0 Å². The molecule has 86 valence electrons. The standard InChI is InChI=1S/C12H22N2O/c1-3-14(10-6-7-10)12(15)11-5-4-8-13-9(11)2/h9-11,13H,3-8H2,1-2H3/t9-,11-/m1/s1. The number of piperidine rings is 1. The molecule has 1 aliphatic carbocycles. The fourth-order valence-corrected chi connectivity index (χ4v) is 2.57. The summed E-state index contributed by atoms with van der Waals surface area (Å²) in [6.07, 6.45) is 4.64. The van der Waals surface area contributed by atoms with Gasteiger partial charge >= 0.3 is 0 Å². The Morgan fingerprint density at radius 1 is 1.40 bits per heavy atom. The number of nitrogens with zero attached hydrogens (tertiary/aromatic N) is 1. The number of hydrogen-bond donors (Lipinski definition) is 1. The lowest BCUT2D eigenvalue weighted by atomic mass is 9.90. The Morgan fingerprint density at radius 2 is 2.13 bits per heavy atom. The van der Waals surface area contributed by atoms with Crippen molar-refractivity contribution in [1.82, 2.24) is 10.2 Å². The number of rotatable bonds is 3. The zero-order valence-corrected chi connectivity index (χ0v) is 9.83. The molecular formula is C12H22N2O. The maximum atomic E-state index is 12.3. The first-order valence-corrected chi connectivity index (χ1v) is 6.28. The monoisotopic (exact) mass is 210 g/mol. The van der Waals surface area contributed by atoms with E-state index in [1.807, 2.05) is 0 Å². The summed E-state index contributed by atoms with van der Waals surface area (Å²) < 4.78 is 0. The van der Waals surface area contributed by atoms with Crippen LogP contribution in [-0.4, -0.2) is 36.0 Å².